The Morgan fingerprint density at radius 3 is 1.35 bits per heavy atom. The Kier molecular flexibility index (Phi) is 16.9. The summed E-state index contributed by atoms with van der Waals surface area (Å²) in [7, 11) is 0. The minimum atomic E-state index is -0.150. The number of rotatable bonds is 3. The van der Waals surface area contributed by atoms with Gasteiger partial charge < -0.3 is 40.4 Å². The number of aliphatic imine (C=N–C) groups is 1. The van der Waals surface area contributed by atoms with Crippen LogP contribution in [0.1, 0.15) is 149 Å². The van der Waals surface area contributed by atoms with Gasteiger partial charge in [0.05, 0.1) is 0 Å². The van der Waals surface area contributed by atoms with E-state index >= 15 is 0 Å². The quantitative estimate of drug-likeness (QED) is 0.386. The van der Waals surface area contributed by atoms with E-state index in [2.05, 4.69) is 95.2 Å². The molecule has 43 heavy (non-hydrogen) atoms. The Morgan fingerprint density at radius 2 is 1.00 bits per heavy atom. The van der Waals surface area contributed by atoms with E-state index in [1.165, 1.54) is 37.7 Å². The van der Waals surface area contributed by atoms with Crippen LogP contribution >= 0.6 is 0 Å². The molecule has 0 heterocycles. The van der Waals surface area contributed by atoms with Gasteiger partial charge in [0, 0.05) is 28.9 Å². The van der Waals surface area contributed by atoms with Gasteiger partial charge in [-0.15, -0.1) is 0 Å². The van der Waals surface area contributed by atoms with Gasteiger partial charge in [-0.05, 0) is 63.3 Å². The van der Waals surface area contributed by atoms with Crippen LogP contribution in [-0.4, -0.2) is 28.7 Å². The van der Waals surface area contributed by atoms with Crippen molar-refractivity contribution in [1.29, 1.82) is 0 Å². The molecule has 0 atom stereocenters. The molecular formula is C36H55Cl2MnN2O2. The summed E-state index contributed by atoms with van der Waals surface area (Å²) in [4.78, 5) is 4.78. The predicted molar refractivity (Wildman–Crippen MR) is 174 cm³/mol. The molecule has 1 fully saturated rings. The Labute approximate surface area is 285 Å². The van der Waals surface area contributed by atoms with Crippen molar-refractivity contribution >= 4 is 12.4 Å². The monoisotopic (exact) mass is 672 g/mol. The van der Waals surface area contributed by atoms with E-state index in [1.807, 2.05) is 18.3 Å². The van der Waals surface area contributed by atoms with Crippen molar-refractivity contribution in [1.82, 2.24) is 0 Å². The smallest absolute Gasteiger partial charge is 1.00 e. The van der Waals surface area contributed by atoms with E-state index in [0.717, 1.165) is 28.5 Å². The van der Waals surface area contributed by atoms with Crippen LogP contribution in [0.25, 0.3) is 5.41 Å². The minimum Gasteiger partial charge on any atom is -1.00 e. The molecule has 2 N–H and O–H groups in total. The molecule has 2 aromatic carbocycles. The molecule has 2 aromatic rings. The molecule has 1 saturated carbocycles. The van der Waals surface area contributed by atoms with Crippen molar-refractivity contribution in [2.24, 2.45) is 4.99 Å². The van der Waals surface area contributed by atoms with E-state index in [9.17, 15) is 15.6 Å². The number of halogens is 2. The Balaban J connectivity index is 0. The van der Waals surface area contributed by atoms with Crippen LogP contribution in [-0.2, 0) is 38.7 Å². The van der Waals surface area contributed by atoms with E-state index in [0.29, 0.717) is 17.4 Å². The molecule has 1 aliphatic carbocycles. The van der Waals surface area contributed by atoms with Crippen LogP contribution in [0.15, 0.2) is 29.3 Å². The standard InChI is InChI=1S/C21H33NO.C15H22NO.2ClH.Mn/c1-20(2,3)16-12-15(14-22-17-10-8-7-9-11-17)19(23)18(13-16)21(4,5)6;1-14(2,3)11-7-10(9-16)13(17)12(8-11)15(4,5)6;;;/h12-14,17,23H,7-11H2,1-6H3;7-9,17H,1-6H3;2*1H;/q;-1;;;+3/p-2. The zero-order valence-electron chi connectivity index (χ0n) is 28.5. The largest absolute Gasteiger partial charge is 3.00 e. The first-order valence-corrected chi connectivity index (χ1v) is 14.9. The topological polar surface area (TPSA) is 75.1 Å². The van der Waals surface area contributed by atoms with Crippen LogP contribution in [0.5, 0.6) is 11.5 Å². The summed E-state index contributed by atoms with van der Waals surface area (Å²) >= 11 is 0. The fraction of sp³-hybridized carbons (Fsp3) is 0.611. The summed E-state index contributed by atoms with van der Waals surface area (Å²) in [5, 5.41) is 30.1. The van der Waals surface area contributed by atoms with Gasteiger partial charge >= 0.3 is 17.1 Å². The number of nitrogens with zero attached hydrogens (tertiary/aromatic N) is 2. The first-order valence-electron chi connectivity index (χ1n) is 14.9. The molecule has 0 amide bonds. The fourth-order valence-corrected chi connectivity index (χ4v) is 4.94. The Hall–Kier alpha value is -1.52. The number of hydrogen-bond acceptors (Lipinski definition) is 3. The number of phenols is 2. The molecule has 1 aliphatic rings. The van der Waals surface area contributed by atoms with Gasteiger partial charge in [-0.2, -0.15) is 6.21 Å². The summed E-state index contributed by atoms with van der Waals surface area (Å²) in [5.41, 5.74) is 5.41. The molecule has 242 valence electrons. The molecule has 3 rings (SSSR count). The average molecular weight is 674 g/mol. The van der Waals surface area contributed by atoms with E-state index in [4.69, 9.17) is 4.99 Å². The maximum absolute atomic E-state index is 10.8. The van der Waals surface area contributed by atoms with Crippen LogP contribution in [0.4, 0.5) is 0 Å². The van der Waals surface area contributed by atoms with Crippen molar-refractivity contribution in [3.8, 4) is 11.5 Å². The summed E-state index contributed by atoms with van der Waals surface area (Å²) in [6.45, 7) is 25.6. The van der Waals surface area contributed by atoms with Gasteiger partial charge in [0.2, 0.25) is 0 Å². The predicted octanol–water partition coefficient (Wildman–Crippen LogP) is 3.72. The van der Waals surface area contributed by atoms with Gasteiger partial charge in [0.25, 0.3) is 0 Å². The number of aromatic hydroxyl groups is 2. The summed E-state index contributed by atoms with van der Waals surface area (Å²) in [5.74, 6) is 0.568. The van der Waals surface area contributed by atoms with Gasteiger partial charge in [-0.25, -0.2) is 0 Å². The third-order valence-electron chi connectivity index (χ3n) is 7.77. The molecule has 0 saturated heterocycles. The molecule has 0 radical (unpaired) electrons. The maximum Gasteiger partial charge on any atom is 3.00 e. The fourth-order valence-electron chi connectivity index (χ4n) is 4.94. The van der Waals surface area contributed by atoms with E-state index < -0.39 is 0 Å². The molecular weight excluding hydrogens is 618 g/mol. The van der Waals surface area contributed by atoms with Crippen molar-refractivity contribution in [3.63, 3.8) is 0 Å². The maximum atomic E-state index is 10.8. The second-order valence-corrected chi connectivity index (χ2v) is 15.6. The van der Waals surface area contributed by atoms with Gasteiger partial charge in [0.1, 0.15) is 11.5 Å². The Bertz CT molecular complexity index is 1210. The average Bonchev–Trinajstić information content (AvgIpc) is 2.81. The van der Waals surface area contributed by atoms with Crippen molar-refractivity contribution in [2.75, 3.05) is 0 Å². The minimum absolute atomic E-state index is 0. The van der Waals surface area contributed by atoms with Gasteiger partial charge in [-0.3, -0.25) is 4.99 Å². The van der Waals surface area contributed by atoms with Crippen molar-refractivity contribution < 1.29 is 52.1 Å². The van der Waals surface area contributed by atoms with E-state index in [-0.39, 0.29) is 69.3 Å². The first-order chi connectivity index (χ1) is 18.2. The van der Waals surface area contributed by atoms with Crippen molar-refractivity contribution in [3.05, 3.63) is 63.1 Å². The molecule has 0 spiro atoms. The van der Waals surface area contributed by atoms with Crippen LogP contribution in [0, 0.1) is 0 Å². The third kappa shape index (κ3) is 12.4. The molecule has 7 heteroatoms. The summed E-state index contributed by atoms with van der Waals surface area (Å²) in [6, 6.07) is 8.57. The van der Waals surface area contributed by atoms with Crippen LogP contribution < -0.4 is 24.8 Å². The van der Waals surface area contributed by atoms with Gasteiger partial charge in [0.15, 0.2) is 0 Å². The summed E-state index contributed by atoms with van der Waals surface area (Å²) < 4.78 is 0. The number of hydrogen-bond donors (Lipinski definition) is 2. The number of benzene rings is 2. The van der Waals surface area contributed by atoms with Crippen LogP contribution in [0.2, 0.25) is 0 Å². The molecule has 4 nitrogen and oxygen atoms in total. The Morgan fingerprint density at radius 1 is 0.628 bits per heavy atom. The zero-order valence-corrected chi connectivity index (χ0v) is 31.2. The normalized spacial score (nSPS) is 14.5. The number of phenolic OH excluding ortho intramolecular Hbond substituents is 2. The zero-order chi connectivity index (χ0) is 30.7. The molecule has 0 unspecified atom stereocenters. The van der Waals surface area contributed by atoms with Crippen LogP contribution in [0.3, 0.4) is 0 Å². The molecule has 0 aliphatic heterocycles. The van der Waals surface area contributed by atoms with E-state index in [1.54, 1.807) is 0 Å². The molecule has 0 aromatic heterocycles. The molecule has 0 bridgehead atoms. The second kappa shape index (κ2) is 16.7. The third-order valence-corrected chi connectivity index (χ3v) is 7.77. The van der Waals surface area contributed by atoms with Crippen molar-refractivity contribution in [2.45, 2.75) is 143 Å². The SMILES string of the molecule is CC(C)(C)c1cc(C=NC2CCCCC2)c(O)c(C(C)(C)C)c1.CC(C)(C)c1cc(C=[N-])c(O)c(C(C)(C)C)c1.[Cl-].[Cl-].[Mn+3]. The summed E-state index contributed by atoms with van der Waals surface area (Å²) in [6.07, 6.45) is 9.15. The van der Waals surface area contributed by atoms with Gasteiger partial charge in [-0.1, -0.05) is 114 Å². The first kappa shape index (κ1) is 43.6. The second-order valence-electron chi connectivity index (χ2n) is 15.6.